The monoisotopic (exact) mass is 274 g/mol. The number of pyridine rings is 1. The van der Waals surface area contributed by atoms with Crippen LogP contribution in [0.15, 0.2) is 30.3 Å². The molecule has 1 atom stereocenters. The normalized spacial score (nSPS) is 12.1. The van der Waals surface area contributed by atoms with Gasteiger partial charge in [-0.2, -0.15) is 0 Å². The van der Waals surface area contributed by atoms with E-state index in [1.54, 1.807) is 6.92 Å². The summed E-state index contributed by atoms with van der Waals surface area (Å²) in [4.78, 5) is 26.1. The Balaban J connectivity index is 2.41. The lowest BCUT2D eigenvalue weighted by molar-refractivity contribution is -0.144. The van der Waals surface area contributed by atoms with Crippen molar-refractivity contribution in [1.82, 2.24) is 4.98 Å². The molecule has 0 aliphatic heterocycles. The van der Waals surface area contributed by atoms with Crippen molar-refractivity contribution >= 4 is 28.5 Å². The molecule has 0 aliphatic carbocycles. The smallest absolute Gasteiger partial charge is 0.326 e. The van der Waals surface area contributed by atoms with Gasteiger partial charge < -0.3 is 15.5 Å². The van der Waals surface area contributed by atoms with E-state index < -0.39 is 24.4 Å². The maximum Gasteiger partial charge on any atom is 0.326 e. The third-order valence-corrected chi connectivity index (χ3v) is 2.86. The van der Waals surface area contributed by atoms with Crippen LogP contribution in [0.25, 0.3) is 10.8 Å². The molecule has 0 bridgehead atoms. The summed E-state index contributed by atoms with van der Waals surface area (Å²) in [7, 11) is 0. The molecule has 3 N–H and O–H groups in total. The van der Waals surface area contributed by atoms with E-state index in [0.717, 1.165) is 16.5 Å². The highest BCUT2D eigenvalue weighted by Gasteiger charge is 2.22. The predicted molar refractivity (Wildman–Crippen MR) is 73.8 cm³/mol. The van der Waals surface area contributed by atoms with Crippen LogP contribution in [0, 0.1) is 6.92 Å². The minimum atomic E-state index is -1.22. The lowest BCUT2D eigenvalue weighted by Crippen LogP contribution is -2.32. The Labute approximate surface area is 115 Å². The van der Waals surface area contributed by atoms with Crippen molar-refractivity contribution in [3.63, 3.8) is 0 Å². The van der Waals surface area contributed by atoms with E-state index in [-0.39, 0.29) is 0 Å². The standard InChI is InChI=1S/C14H14N2O4/c1-8-6-9-4-2-3-5-10(9)13(15-8)16-11(14(19)20)7-12(17)18/h2-6,11H,7H2,1H3,(H,15,16)(H,17,18)(H,19,20). The zero-order chi connectivity index (χ0) is 14.7. The number of hydrogen-bond acceptors (Lipinski definition) is 4. The fourth-order valence-electron chi connectivity index (χ4n) is 1.98. The molecule has 1 aromatic carbocycles. The second-order valence-corrected chi connectivity index (χ2v) is 4.47. The number of nitrogens with zero attached hydrogens (tertiary/aromatic N) is 1. The summed E-state index contributed by atoms with van der Waals surface area (Å²) in [6, 6.07) is 8.05. The molecule has 0 spiro atoms. The van der Waals surface area contributed by atoms with Gasteiger partial charge in [0.05, 0.1) is 6.42 Å². The van der Waals surface area contributed by atoms with Crippen LogP contribution < -0.4 is 5.32 Å². The van der Waals surface area contributed by atoms with E-state index in [0.29, 0.717) is 5.82 Å². The molecule has 0 saturated heterocycles. The number of aromatic nitrogens is 1. The largest absolute Gasteiger partial charge is 0.481 e. The van der Waals surface area contributed by atoms with Crippen LogP contribution in [0.5, 0.6) is 0 Å². The molecular weight excluding hydrogens is 260 g/mol. The van der Waals surface area contributed by atoms with Crippen molar-refractivity contribution in [2.75, 3.05) is 5.32 Å². The SMILES string of the molecule is Cc1cc2ccccc2c(NC(CC(=O)O)C(=O)O)n1. The molecule has 6 nitrogen and oxygen atoms in total. The number of aryl methyl sites for hydroxylation is 1. The summed E-state index contributed by atoms with van der Waals surface area (Å²) in [5.74, 6) is -2.02. The lowest BCUT2D eigenvalue weighted by Gasteiger charge is -2.15. The molecule has 104 valence electrons. The Hall–Kier alpha value is -2.63. The Morgan fingerprint density at radius 1 is 1.30 bits per heavy atom. The van der Waals surface area contributed by atoms with Gasteiger partial charge in [0.2, 0.25) is 0 Å². The zero-order valence-corrected chi connectivity index (χ0v) is 10.8. The lowest BCUT2D eigenvalue weighted by atomic mass is 10.1. The molecule has 0 aliphatic rings. The Kier molecular flexibility index (Phi) is 3.84. The van der Waals surface area contributed by atoms with Crippen LogP contribution in [0.4, 0.5) is 5.82 Å². The average Bonchev–Trinajstić information content (AvgIpc) is 2.37. The molecular formula is C14H14N2O4. The summed E-state index contributed by atoms with van der Waals surface area (Å²) in [6.07, 6.45) is -0.515. The van der Waals surface area contributed by atoms with Crippen LogP contribution in [-0.2, 0) is 9.59 Å². The summed E-state index contributed by atoms with van der Waals surface area (Å²) in [5.41, 5.74) is 0.727. The maximum absolute atomic E-state index is 11.1. The molecule has 2 rings (SSSR count). The minimum absolute atomic E-state index is 0.384. The average molecular weight is 274 g/mol. The topological polar surface area (TPSA) is 99.5 Å². The first-order valence-electron chi connectivity index (χ1n) is 6.05. The van der Waals surface area contributed by atoms with Crippen LogP contribution in [0.2, 0.25) is 0 Å². The number of carbonyl (C=O) groups is 2. The van der Waals surface area contributed by atoms with Gasteiger partial charge >= 0.3 is 11.9 Å². The summed E-state index contributed by atoms with van der Waals surface area (Å²) in [5, 5.41) is 22.2. The fourth-order valence-corrected chi connectivity index (χ4v) is 1.98. The highest BCUT2D eigenvalue weighted by molar-refractivity contribution is 5.94. The van der Waals surface area contributed by atoms with Gasteiger partial charge in [0.1, 0.15) is 11.9 Å². The van der Waals surface area contributed by atoms with Crippen LogP contribution in [0.1, 0.15) is 12.1 Å². The van der Waals surface area contributed by atoms with E-state index in [1.165, 1.54) is 0 Å². The number of anilines is 1. The van der Waals surface area contributed by atoms with Crippen molar-refractivity contribution < 1.29 is 19.8 Å². The number of benzene rings is 1. The first-order chi connectivity index (χ1) is 9.47. The number of carboxylic acids is 2. The number of carboxylic acid groups (broad SMARTS) is 2. The van der Waals surface area contributed by atoms with E-state index in [1.807, 2.05) is 30.3 Å². The van der Waals surface area contributed by atoms with Crippen molar-refractivity contribution in [1.29, 1.82) is 0 Å². The van der Waals surface area contributed by atoms with Crippen molar-refractivity contribution in [3.05, 3.63) is 36.0 Å². The Morgan fingerprint density at radius 3 is 2.65 bits per heavy atom. The maximum atomic E-state index is 11.1. The number of fused-ring (bicyclic) bond motifs is 1. The first kappa shape index (κ1) is 13.8. The van der Waals surface area contributed by atoms with Gasteiger partial charge in [0.15, 0.2) is 0 Å². The van der Waals surface area contributed by atoms with Gasteiger partial charge in [-0.25, -0.2) is 9.78 Å². The molecule has 6 heteroatoms. The molecule has 1 heterocycles. The third-order valence-electron chi connectivity index (χ3n) is 2.86. The minimum Gasteiger partial charge on any atom is -0.481 e. The highest BCUT2D eigenvalue weighted by atomic mass is 16.4. The van der Waals surface area contributed by atoms with Crippen molar-refractivity contribution in [2.24, 2.45) is 0 Å². The number of nitrogens with one attached hydrogen (secondary N) is 1. The summed E-state index contributed by atoms with van der Waals surface area (Å²) in [6.45, 7) is 1.80. The van der Waals surface area contributed by atoms with Gasteiger partial charge in [-0.3, -0.25) is 4.79 Å². The molecule has 1 aromatic heterocycles. The molecule has 2 aromatic rings. The summed E-state index contributed by atoms with van der Waals surface area (Å²) < 4.78 is 0. The predicted octanol–water partition coefficient (Wildman–Crippen LogP) is 1.88. The van der Waals surface area contributed by atoms with Crippen molar-refractivity contribution in [2.45, 2.75) is 19.4 Å². The third kappa shape index (κ3) is 3.03. The van der Waals surface area contributed by atoms with E-state index in [2.05, 4.69) is 10.3 Å². The fraction of sp³-hybridized carbons (Fsp3) is 0.214. The molecule has 0 radical (unpaired) electrons. The van der Waals surface area contributed by atoms with Crippen molar-refractivity contribution in [3.8, 4) is 0 Å². The van der Waals surface area contributed by atoms with Crippen LogP contribution in [0.3, 0.4) is 0 Å². The molecule has 0 saturated carbocycles. The molecule has 0 fully saturated rings. The Bertz CT molecular complexity index is 669. The van der Waals surface area contributed by atoms with Gasteiger partial charge in [0.25, 0.3) is 0 Å². The number of rotatable bonds is 5. The van der Waals surface area contributed by atoms with Gasteiger partial charge in [-0.05, 0) is 18.4 Å². The highest BCUT2D eigenvalue weighted by Crippen LogP contribution is 2.23. The van der Waals surface area contributed by atoms with Crippen LogP contribution >= 0.6 is 0 Å². The van der Waals surface area contributed by atoms with E-state index >= 15 is 0 Å². The molecule has 0 amide bonds. The second-order valence-electron chi connectivity index (χ2n) is 4.47. The second kappa shape index (κ2) is 5.56. The van der Waals surface area contributed by atoms with Crippen LogP contribution in [-0.4, -0.2) is 33.2 Å². The zero-order valence-electron chi connectivity index (χ0n) is 10.8. The molecule has 20 heavy (non-hydrogen) atoms. The van der Waals surface area contributed by atoms with Gasteiger partial charge in [0, 0.05) is 11.1 Å². The molecule has 1 unspecified atom stereocenters. The quantitative estimate of drug-likeness (QED) is 0.769. The number of hydrogen-bond donors (Lipinski definition) is 3. The Morgan fingerprint density at radius 2 is 2.00 bits per heavy atom. The van der Waals surface area contributed by atoms with E-state index in [4.69, 9.17) is 10.2 Å². The number of aliphatic carboxylic acids is 2. The first-order valence-corrected chi connectivity index (χ1v) is 6.05. The van der Waals surface area contributed by atoms with Gasteiger partial charge in [-0.15, -0.1) is 0 Å². The summed E-state index contributed by atoms with van der Waals surface area (Å²) >= 11 is 0. The van der Waals surface area contributed by atoms with E-state index in [9.17, 15) is 9.59 Å². The van der Waals surface area contributed by atoms with Gasteiger partial charge in [-0.1, -0.05) is 24.3 Å².